The second kappa shape index (κ2) is 7.85. The fourth-order valence-corrected chi connectivity index (χ4v) is 4.07. The van der Waals surface area contributed by atoms with Crippen molar-refractivity contribution in [1.82, 2.24) is 9.47 Å². The molecule has 0 spiro atoms. The van der Waals surface area contributed by atoms with Gasteiger partial charge in [0.1, 0.15) is 0 Å². The molecule has 0 unspecified atom stereocenters. The molecule has 0 radical (unpaired) electrons. The Morgan fingerprint density at radius 3 is 2.52 bits per heavy atom. The van der Waals surface area contributed by atoms with E-state index in [1.54, 1.807) is 12.1 Å². The van der Waals surface area contributed by atoms with Gasteiger partial charge in [0.05, 0.1) is 23.8 Å². The molecule has 3 aromatic rings. The van der Waals surface area contributed by atoms with Gasteiger partial charge < -0.3 is 9.30 Å². The van der Waals surface area contributed by atoms with E-state index in [0.717, 1.165) is 61.6 Å². The number of ether oxygens (including phenoxy) is 1. The van der Waals surface area contributed by atoms with E-state index in [1.807, 2.05) is 37.3 Å². The van der Waals surface area contributed by atoms with Crippen LogP contribution in [0.25, 0.3) is 10.9 Å². The minimum atomic E-state index is -0.0144. The van der Waals surface area contributed by atoms with E-state index < -0.39 is 0 Å². The highest BCUT2D eigenvalue weighted by Gasteiger charge is 2.22. The van der Waals surface area contributed by atoms with Crippen LogP contribution >= 0.6 is 11.6 Å². The fourth-order valence-electron chi connectivity index (χ4n) is 3.85. The smallest absolute Gasteiger partial charge is 0.196 e. The summed E-state index contributed by atoms with van der Waals surface area (Å²) in [5.74, 6) is -0.0144. The number of benzene rings is 2. The topological polar surface area (TPSA) is 34.5 Å². The number of carbonyl (C=O) groups is 1. The Kier molecular flexibility index (Phi) is 5.30. The van der Waals surface area contributed by atoms with Crippen LogP contribution in [-0.2, 0) is 11.3 Å². The van der Waals surface area contributed by atoms with Crippen molar-refractivity contribution in [3.8, 4) is 0 Å². The van der Waals surface area contributed by atoms with Gasteiger partial charge >= 0.3 is 0 Å². The third kappa shape index (κ3) is 3.53. The summed E-state index contributed by atoms with van der Waals surface area (Å²) in [4.78, 5) is 15.7. The Labute approximate surface area is 164 Å². The number of hydrogen-bond donors (Lipinski definition) is 0. The molecule has 1 fully saturated rings. The van der Waals surface area contributed by atoms with Gasteiger partial charge in [0.15, 0.2) is 5.78 Å². The van der Waals surface area contributed by atoms with Gasteiger partial charge in [-0.1, -0.05) is 41.9 Å². The third-order valence-electron chi connectivity index (χ3n) is 5.32. The zero-order valence-corrected chi connectivity index (χ0v) is 16.2. The maximum Gasteiger partial charge on any atom is 0.196 e. The number of carbonyl (C=O) groups excluding carboxylic acids is 1. The van der Waals surface area contributed by atoms with E-state index in [4.69, 9.17) is 16.3 Å². The molecule has 0 bridgehead atoms. The highest BCUT2D eigenvalue weighted by molar-refractivity contribution is 6.35. The van der Waals surface area contributed by atoms with Crippen molar-refractivity contribution in [1.29, 1.82) is 0 Å². The molecule has 1 aromatic heterocycles. The Morgan fingerprint density at radius 2 is 1.74 bits per heavy atom. The highest BCUT2D eigenvalue weighted by atomic mass is 35.5. The average Bonchev–Trinajstić information content (AvgIpc) is 2.98. The van der Waals surface area contributed by atoms with Gasteiger partial charge in [-0.3, -0.25) is 9.69 Å². The van der Waals surface area contributed by atoms with Gasteiger partial charge in [-0.15, -0.1) is 0 Å². The lowest BCUT2D eigenvalue weighted by molar-refractivity contribution is 0.0365. The third-order valence-corrected chi connectivity index (χ3v) is 5.65. The highest BCUT2D eigenvalue weighted by Crippen LogP contribution is 2.30. The maximum atomic E-state index is 13.3. The fraction of sp³-hybridized carbons (Fsp3) is 0.318. The summed E-state index contributed by atoms with van der Waals surface area (Å²) < 4.78 is 7.69. The molecule has 1 saturated heterocycles. The largest absolute Gasteiger partial charge is 0.379 e. The van der Waals surface area contributed by atoms with Crippen molar-refractivity contribution in [2.45, 2.75) is 13.5 Å². The van der Waals surface area contributed by atoms with Crippen molar-refractivity contribution in [3.05, 3.63) is 70.4 Å². The number of ketones is 1. The zero-order chi connectivity index (χ0) is 18.8. The molecule has 4 nitrogen and oxygen atoms in total. The zero-order valence-electron chi connectivity index (χ0n) is 15.5. The van der Waals surface area contributed by atoms with E-state index >= 15 is 0 Å². The van der Waals surface area contributed by atoms with Crippen molar-refractivity contribution >= 4 is 28.3 Å². The predicted molar refractivity (Wildman–Crippen MR) is 109 cm³/mol. The lowest BCUT2D eigenvalue weighted by Gasteiger charge is -2.27. The molecule has 1 aliphatic rings. The molecule has 2 aromatic carbocycles. The number of para-hydroxylation sites is 1. The number of morpholine rings is 1. The number of nitrogens with zero attached hydrogens (tertiary/aromatic N) is 2. The van der Waals surface area contributed by atoms with Crippen LogP contribution in [0.1, 0.15) is 21.6 Å². The number of halogens is 1. The second-order valence-corrected chi connectivity index (χ2v) is 7.30. The first-order chi connectivity index (χ1) is 13.2. The maximum absolute atomic E-state index is 13.3. The number of fused-ring (bicyclic) bond motifs is 1. The monoisotopic (exact) mass is 382 g/mol. The molecule has 5 heteroatoms. The van der Waals surface area contributed by atoms with Gasteiger partial charge in [0.2, 0.25) is 0 Å². The summed E-state index contributed by atoms with van der Waals surface area (Å²) >= 11 is 6.30. The molecule has 4 rings (SSSR count). The van der Waals surface area contributed by atoms with Crippen LogP contribution < -0.4 is 0 Å². The van der Waals surface area contributed by atoms with Crippen molar-refractivity contribution in [2.24, 2.45) is 0 Å². The summed E-state index contributed by atoms with van der Waals surface area (Å²) in [6, 6.07) is 15.4. The minimum Gasteiger partial charge on any atom is -0.379 e. The molecule has 140 valence electrons. The van der Waals surface area contributed by atoms with Crippen LogP contribution in [0.2, 0.25) is 5.02 Å². The van der Waals surface area contributed by atoms with Crippen LogP contribution in [0.15, 0.2) is 48.5 Å². The molecule has 0 saturated carbocycles. The molecule has 0 aliphatic carbocycles. The minimum absolute atomic E-state index is 0.0144. The van der Waals surface area contributed by atoms with E-state index in [-0.39, 0.29) is 5.78 Å². The lowest BCUT2D eigenvalue weighted by atomic mass is 10.0. The molecule has 0 atom stereocenters. The molecule has 27 heavy (non-hydrogen) atoms. The van der Waals surface area contributed by atoms with Gasteiger partial charge in [-0.25, -0.2) is 0 Å². The predicted octanol–water partition coefficient (Wildman–Crippen LogP) is 4.17. The summed E-state index contributed by atoms with van der Waals surface area (Å²) in [5.41, 5.74) is 3.40. The molecule has 0 N–H and O–H groups in total. The molecule has 0 amide bonds. The van der Waals surface area contributed by atoms with Gasteiger partial charge in [-0.2, -0.15) is 0 Å². The molecule has 1 aliphatic heterocycles. The van der Waals surface area contributed by atoms with E-state index in [9.17, 15) is 4.79 Å². The number of hydrogen-bond acceptors (Lipinski definition) is 3. The van der Waals surface area contributed by atoms with Crippen molar-refractivity contribution < 1.29 is 9.53 Å². The quantitative estimate of drug-likeness (QED) is 0.621. The first-order valence-electron chi connectivity index (χ1n) is 9.34. The average molecular weight is 383 g/mol. The van der Waals surface area contributed by atoms with Gasteiger partial charge in [0.25, 0.3) is 0 Å². The summed E-state index contributed by atoms with van der Waals surface area (Å²) in [6.07, 6.45) is 0. The van der Waals surface area contributed by atoms with E-state index in [0.29, 0.717) is 10.6 Å². The van der Waals surface area contributed by atoms with Crippen molar-refractivity contribution in [2.75, 3.05) is 32.8 Å². The molecular weight excluding hydrogens is 360 g/mol. The number of rotatable bonds is 5. The van der Waals surface area contributed by atoms with E-state index in [1.165, 1.54) is 0 Å². The van der Waals surface area contributed by atoms with Crippen LogP contribution in [0.3, 0.4) is 0 Å². The Bertz CT molecular complexity index is 974. The summed E-state index contributed by atoms with van der Waals surface area (Å²) in [5, 5.41) is 1.48. The normalized spacial score (nSPS) is 15.3. The summed E-state index contributed by atoms with van der Waals surface area (Å²) in [7, 11) is 0. The summed E-state index contributed by atoms with van der Waals surface area (Å²) in [6.45, 7) is 7.34. The van der Waals surface area contributed by atoms with E-state index in [2.05, 4.69) is 15.5 Å². The van der Waals surface area contributed by atoms with Crippen LogP contribution in [-0.4, -0.2) is 48.1 Å². The van der Waals surface area contributed by atoms with Crippen LogP contribution in [0, 0.1) is 6.92 Å². The van der Waals surface area contributed by atoms with Crippen LogP contribution in [0.5, 0.6) is 0 Å². The SMILES string of the molecule is Cc1c(C(=O)c2ccccc2Cl)c2ccccc2n1CCN1CCOCC1. The second-order valence-electron chi connectivity index (χ2n) is 6.89. The van der Waals surface area contributed by atoms with Crippen LogP contribution in [0.4, 0.5) is 0 Å². The molecular formula is C22H23ClN2O2. The van der Waals surface area contributed by atoms with Gasteiger partial charge in [0, 0.05) is 48.3 Å². The first kappa shape index (κ1) is 18.2. The Morgan fingerprint density at radius 1 is 1.04 bits per heavy atom. The Balaban J connectivity index is 1.72. The molecule has 2 heterocycles. The standard InChI is InChI=1S/C22H23ClN2O2/c1-16-21(22(26)17-6-2-4-8-19(17)23)18-7-3-5-9-20(18)25(16)11-10-24-12-14-27-15-13-24/h2-9H,10-15H2,1H3. The van der Waals surface area contributed by atoms with Gasteiger partial charge in [-0.05, 0) is 25.1 Å². The Hall–Kier alpha value is -2.14. The number of aromatic nitrogens is 1. The lowest BCUT2D eigenvalue weighted by Crippen LogP contribution is -2.38. The van der Waals surface area contributed by atoms with Crippen molar-refractivity contribution in [3.63, 3.8) is 0 Å². The first-order valence-corrected chi connectivity index (χ1v) is 9.72.